The molecule has 1 aromatic carbocycles. The van der Waals surface area contributed by atoms with E-state index < -0.39 is 11.6 Å². The van der Waals surface area contributed by atoms with Gasteiger partial charge in [-0.05, 0) is 44.2 Å². The monoisotopic (exact) mass is 422 g/mol. The van der Waals surface area contributed by atoms with Gasteiger partial charge < -0.3 is 15.4 Å². The molecule has 0 amide bonds. The summed E-state index contributed by atoms with van der Waals surface area (Å²) in [5.41, 5.74) is 0.237. The first-order chi connectivity index (χ1) is 14.1. The summed E-state index contributed by atoms with van der Waals surface area (Å²) >= 11 is 1.79. The number of guanidine groups is 1. The first-order valence-electron chi connectivity index (χ1n) is 9.91. The number of aliphatic imine (C=N–C) groups is 1. The molecule has 158 valence electrons. The average molecular weight is 423 g/mol. The molecule has 1 aliphatic heterocycles. The van der Waals surface area contributed by atoms with Crippen LogP contribution in [0.3, 0.4) is 0 Å². The lowest BCUT2D eigenvalue weighted by molar-refractivity contribution is 0.0177. The Balaban J connectivity index is 1.71. The lowest BCUT2D eigenvalue weighted by Gasteiger charge is -2.34. The van der Waals surface area contributed by atoms with Crippen LogP contribution in [-0.2, 0) is 11.3 Å². The Hall–Kier alpha value is -2.03. The van der Waals surface area contributed by atoms with Gasteiger partial charge in [-0.1, -0.05) is 0 Å². The minimum Gasteiger partial charge on any atom is -0.379 e. The Morgan fingerprint density at radius 1 is 1.21 bits per heavy atom. The summed E-state index contributed by atoms with van der Waals surface area (Å²) in [7, 11) is 0. The second kappa shape index (κ2) is 10.7. The zero-order valence-corrected chi connectivity index (χ0v) is 17.7. The van der Waals surface area contributed by atoms with Crippen molar-refractivity contribution in [2.75, 3.05) is 39.4 Å². The topological polar surface area (TPSA) is 48.9 Å². The highest BCUT2D eigenvalue weighted by molar-refractivity contribution is 7.12. The number of nitrogens with zero attached hydrogens (tertiary/aromatic N) is 2. The second-order valence-electron chi connectivity index (χ2n) is 6.92. The fourth-order valence-electron chi connectivity index (χ4n) is 3.30. The Kier molecular flexibility index (Phi) is 7.97. The van der Waals surface area contributed by atoms with Gasteiger partial charge in [-0.2, -0.15) is 0 Å². The number of benzene rings is 1. The molecule has 0 saturated carbocycles. The third-order valence-corrected chi connectivity index (χ3v) is 5.90. The Labute approximate surface area is 174 Å². The van der Waals surface area contributed by atoms with E-state index in [0.717, 1.165) is 38.4 Å². The van der Waals surface area contributed by atoms with E-state index in [-0.39, 0.29) is 18.2 Å². The van der Waals surface area contributed by atoms with E-state index in [1.807, 2.05) is 6.92 Å². The molecule has 2 heterocycles. The molecule has 2 N–H and O–H groups in total. The number of aryl methyl sites for hydroxylation is 1. The van der Waals surface area contributed by atoms with Gasteiger partial charge in [-0.15, -0.1) is 11.3 Å². The molecule has 1 saturated heterocycles. The van der Waals surface area contributed by atoms with Gasteiger partial charge in [-0.3, -0.25) is 4.90 Å². The zero-order chi connectivity index (χ0) is 20.6. The molecule has 3 rings (SSSR count). The molecule has 29 heavy (non-hydrogen) atoms. The van der Waals surface area contributed by atoms with E-state index in [0.29, 0.717) is 19.0 Å². The largest absolute Gasteiger partial charge is 0.379 e. The number of ether oxygens (including phenoxy) is 1. The number of thiophene rings is 1. The molecule has 1 unspecified atom stereocenters. The lowest BCUT2D eigenvalue weighted by Crippen LogP contribution is -2.46. The third-order valence-electron chi connectivity index (χ3n) is 4.80. The predicted molar refractivity (Wildman–Crippen MR) is 113 cm³/mol. The number of hydrogen-bond donors (Lipinski definition) is 2. The third kappa shape index (κ3) is 6.22. The van der Waals surface area contributed by atoms with Gasteiger partial charge in [0.2, 0.25) is 0 Å². The first kappa shape index (κ1) is 21.7. The number of hydrogen-bond acceptors (Lipinski definition) is 4. The SMILES string of the molecule is CCNC(=NCc1cc(F)ccc1F)NCC(c1ccc(C)s1)N1CCOCC1. The molecular formula is C21H28F2N4OS. The zero-order valence-electron chi connectivity index (χ0n) is 16.9. The van der Waals surface area contributed by atoms with Gasteiger partial charge in [0.15, 0.2) is 5.96 Å². The molecule has 1 aromatic heterocycles. The quantitative estimate of drug-likeness (QED) is 0.530. The van der Waals surface area contributed by atoms with E-state index in [1.165, 1.54) is 15.8 Å². The van der Waals surface area contributed by atoms with Crippen molar-refractivity contribution in [1.29, 1.82) is 0 Å². The van der Waals surface area contributed by atoms with Crippen LogP contribution in [0.4, 0.5) is 8.78 Å². The maximum Gasteiger partial charge on any atom is 0.191 e. The standard InChI is InChI=1S/C21H28F2N4OS/c1-3-24-21(25-13-16-12-17(22)5-6-18(16)23)26-14-19(20-7-4-15(2)29-20)27-8-10-28-11-9-27/h4-7,12,19H,3,8-11,13-14H2,1-2H3,(H2,24,25,26). The van der Waals surface area contributed by atoms with Gasteiger partial charge in [-0.25, -0.2) is 13.8 Å². The van der Waals surface area contributed by atoms with E-state index in [4.69, 9.17) is 4.74 Å². The van der Waals surface area contributed by atoms with E-state index in [2.05, 4.69) is 39.6 Å². The minimum atomic E-state index is -0.463. The minimum absolute atomic E-state index is 0.0687. The van der Waals surface area contributed by atoms with Gasteiger partial charge >= 0.3 is 0 Å². The van der Waals surface area contributed by atoms with Gasteiger partial charge in [0, 0.05) is 41.5 Å². The molecule has 5 nitrogen and oxygen atoms in total. The van der Waals surface area contributed by atoms with Crippen LogP contribution >= 0.6 is 11.3 Å². The van der Waals surface area contributed by atoms with Crippen molar-refractivity contribution in [2.45, 2.75) is 26.4 Å². The van der Waals surface area contributed by atoms with Crippen LogP contribution in [0.25, 0.3) is 0 Å². The molecule has 0 aliphatic carbocycles. The average Bonchev–Trinajstić information content (AvgIpc) is 3.15. The van der Waals surface area contributed by atoms with Crippen molar-refractivity contribution in [3.63, 3.8) is 0 Å². The summed E-state index contributed by atoms with van der Waals surface area (Å²) < 4.78 is 32.8. The van der Waals surface area contributed by atoms with Crippen molar-refractivity contribution in [3.8, 4) is 0 Å². The van der Waals surface area contributed by atoms with Crippen LogP contribution in [0, 0.1) is 18.6 Å². The molecule has 0 spiro atoms. The maximum atomic E-state index is 13.9. The summed E-state index contributed by atoms with van der Waals surface area (Å²) in [4.78, 5) is 9.44. The number of halogens is 2. The molecular weight excluding hydrogens is 394 g/mol. The van der Waals surface area contributed by atoms with Crippen molar-refractivity contribution < 1.29 is 13.5 Å². The molecule has 0 bridgehead atoms. The normalized spacial score (nSPS) is 16.6. The van der Waals surface area contributed by atoms with Crippen LogP contribution in [0.1, 0.15) is 28.3 Å². The molecule has 2 aromatic rings. The molecule has 0 radical (unpaired) electrons. The fraction of sp³-hybridized carbons (Fsp3) is 0.476. The van der Waals surface area contributed by atoms with Gasteiger partial charge in [0.1, 0.15) is 11.6 Å². The summed E-state index contributed by atoms with van der Waals surface area (Å²) in [6, 6.07) is 7.95. The van der Waals surface area contributed by atoms with Crippen molar-refractivity contribution >= 4 is 17.3 Å². The molecule has 1 fully saturated rings. The summed E-state index contributed by atoms with van der Waals surface area (Å²) in [6.45, 7) is 8.71. The van der Waals surface area contributed by atoms with Crippen LogP contribution in [0.2, 0.25) is 0 Å². The molecule has 1 aliphatic rings. The molecule has 8 heteroatoms. The Morgan fingerprint density at radius 3 is 2.69 bits per heavy atom. The summed E-state index contributed by atoms with van der Waals surface area (Å²) in [5.74, 6) is -0.330. The van der Waals surface area contributed by atoms with Crippen molar-refractivity contribution in [3.05, 3.63) is 57.3 Å². The van der Waals surface area contributed by atoms with Crippen LogP contribution in [-0.4, -0.2) is 50.3 Å². The predicted octanol–water partition coefficient (Wildman–Crippen LogP) is 3.46. The highest BCUT2D eigenvalue weighted by Gasteiger charge is 2.24. The van der Waals surface area contributed by atoms with Crippen LogP contribution in [0.5, 0.6) is 0 Å². The fourth-order valence-corrected chi connectivity index (χ4v) is 4.31. The van der Waals surface area contributed by atoms with Crippen LogP contribution in [0.15, 0.2) is 35.3 Å². The van der Waals surface area contributed by atoms with E-state index in [9.17, 15) is 8.78 Å². The highest BCUT2D eigenvalue weighted by atomic mass is 32.1. The van der Waals surface area contributed by atoms with E-state index >= 15 is 0 Å². The first-order valence-corrected chi connectivity index (χ1v) is 10.7. The van der Waals surface area contributed by atoms with Crippen molar-refractivity contribution in [2.24, 2.45) is 4.99 Å². The maximum absolute atomic E-state index is 13.9. The molecule has 1 atom stereocenters. The number of rotatable bonds is 7. The Morgan fingerprint density at radius 2 is 2.00 bits per heavy atom. The van der Waals surface area contributed by atoms with Gasteiger partial charge in [0.25, 0.3) is 0 Å². The summed E-state index contributed by atoms with van der Waals surface area (Å²) in [5, 5.41) is 6.56. The highest BCUT2D eigenvalue weighted by Crippen LogP contribution is 2.27. The number of morpholine rings is 1. The van der Waals surface area contributed by atoms with E-state index in [1.54, 1.807) is 11.3 Å². The van der Waals surface area contributed by atoms with Crippen LogP contribution < -0.4 is 10.6 Å². The Bertz CT molecular complexity index is 821. The smallest absolute Gasteiger partial charge is 0.191 e. The summed E-state index contributed by atoms with van der Waals surface area (Å²) in [6.07, 6.45) is 0. The lowest BCUT2D eigenvalue weighted by atomic mass is 10.2. The van der Waals surface area contributed by atoms with Gasteiger partial charge in [0.05, 0.1) is 25.8 Å². The number of nitrogens with one attached hydrogen (secondary N) is 2. The van der Waals surface area contributed by atoms with Crippen molar-refractivity contribution in [1.82, 2.24) is 15.5 Å². The second-order valence-corrected chi connectivity index (χ2v) is 8.24.